The molecule has 0 aliphatic rings. The number of Topliss-reactive ketones (excluding diaryl/α,β-unsaturated/α-hetero) is 4. The van der Waals surface area contributed by atoms with Crippen molar-refractivity contribution < 1.29 is 19.2 Å². The van der Waals surface area contributed by atoms with E-state index < -0.39 is 0 Å². The molecular formula is C48H34N4O4. The number of aromatic nitrogens is 4. The van der Waals surface area contributed by atoms with Crippen molar-refractivity contribution in [3.8, 4) is 56.2 Å². The molecule has 2 heterocycles. The van der Waals surface area contributed by atoms with Crippen molar-refractivity contribution in [1.29, 1.82) is 0 Å². The molecule has 8 heteroatoms. The second kappa shape index (κ2) is 14.5. The summed E-state index contributed by atoms with van der Waals surface area (Å²) in [7, 11) is 0. The Labute approximate surface area is 323 Å². The minimum Gasteiger partial charge on any atom is -0.295 e. The minimum atomic E-state index is -0.0613. The van der Waals surface area contributed by atoms with E-state index in [9.17, 15) is 19.2 Å². The molecule has 0 unspecified atom stereocenters. The second-order valence-electron chi connectivity index (χ2n) is 13.8. The number of hydrogen-bond donors (Lipinski definition) is 0. The zero-order valence-electron chi connectivity index (χ0n) is 31.1. The highest BCUT2D eigenvalue weighted by atomic mass is 16.1. The Bertz CT molecular complexity index is 2750. The number of fused-ring (bicyclic) bond motifs is 2. The molecule has 56 heavy (non-hydrogen) atoms. The number of hydrogen-bond acceptors (Lipinski definition) is 8. The Morgan fingerprint density at radius 3 is 0.839 bits per heavy atom. The maximum Gasteiger partial charge on any atom is 0.159 e. The van der Waals surface area contributed by atoms with Crippen LogP contribution in [0.1, 0.15) is 69.1 Å². The quantitative estimate of drug-likeness (QED) is 0.135. The lowest BCUT2D eigenvalue weighted by Crippen LogP contribution is -1.99. The van der Waals surface area contributed by atoms with Crippen molar-refractivity contribution in [3.05, 3.63) is 156 Å². The summed E-state index contributed by atoms with van der Waals surface area (Å²) in [4.78, 5) is 69.8. The standard InChI is InChI=1S/C48H34N4O4/c1-27(53)31-9-5-13-37(21-31)45-47(39-15-7-11-33(23-39)29(3)55)51-43-25-35(17-19-41(43)49-45)36-18-20-42-44(26-36)52-48(40-16-8-12-34(24-40)30(4)56)46(50-42)38-14-6-10-32(22-38)28(2)54/h5-26H,1-4H3. The van der Waals surface area contributed by atoms with Crippen LogP contribution in [0.3, 0.4) is 0 Å². The van der Waals surface area contributed by atoms with Gasteiger partial charge in [-0.15, -0.1) is 0 Å². The van der Waals surface area contributed by atoms with Gasteiger partial charge in [-0.3, -0.25) is 19.2 Å². The van der Waals surface area contributed by atoms with E-state index in [0.717, 1.165) is 33.4 Å². The maximum absolute atomic E-state index is 12.4. The molecule has 0 spiro atoms. The summed E-state index contributed by atoms with van der Waals surface area (Å²) in [6, 6.07) is 41.1. The first-order valence-electron chi connectivity index (χ1n) is 18.1. The molecule has 0 saturated carbocycles. The lowest BCUT2D eigenvalue weighted by atomic mass is 9.98. The topological polar surface area (TPSA) is 120 Å². The molecule has 0 aliphatic carbocycles. The van der Waals surface area contributed by atoms with Crippen molar-refractivity contribution >= 4 is 45.2 Å². The van der Waals surface area contributed by atoms with E-state index in [1.165, 1.54) is 27.7 Å². The maximum atomic E-state index is 12.4. The van der Waals surface area contributed by atoms with Gasteiger partial charge in [-0.1, -0.05) is 84.9 Å². The average Bonchev–Trinajstić information content (AvgIpc) is 3.22. The molecule has 8 rings (SSSR count). The van der Waals surface area contributed by atoms with Crippen LogP contribution in [0, 0.1) is 0 Å². The highest BCUT2D eigenvalue weighted by molar-refractivity contribution is 6.00. The van der Waals surface area contributed by atoms with Gasteiger partial charge in [0.2, 0.25) is 0 Å². The smallest absolute Gasteiger partial charge is 0.159 e. The van der Waals surface area contributed by atoms with Gasteiger partial charge in [-0.05, 0) is 87.4 Å². The first kappa shape index (κ1) is 35.7. The third kappa shape index (κ3) is 6.92. The van der Waals surface area contributed by atoms with Crippen LogP contribution in [0.25, 0.3) is 78.2 Å². The van der Waals surface area contributed by atoms with Gasteiger partial charge >= 0.3 is 0 Å². The summed E-state index contributed by atoms with van der Waals surface area (Å²) in [5, 5.41) is 0. The Balaban J connectivity index is 1.29. The van der Waals surface area contributed by atoms with Crippen LogP contribution in [-0.4, -0.2) is 43.1 Å². The Hall–Kier alpha value is -7.32. The highest BCUT2D eigenvalue weighted by Crippen LogP contribution is 2.36. The van der Waals surface area contributed by atoms with Gasteiger partial charge in [0.1, 0.15) is 0 Å². The normalized spacial score (nSPS) is 11.1. The summed E-state index contributed by atoms with van der Waals surface area (Å²) in [5.41, 5.74) is 11.9. The molecule has 8 aromatic rings. The molecule has 8 nitrogen and oxygen atoms in total. The van der Waals surface area contributed by atoms with Crippen LogP contribution in [0.5, 0.6) is 0 Å². The fraction of sp³-hybridized carbons (Fsp3) is 0.0833. The monoisotopic (exact) mass is 730 g/mol. The van der Waals surface area contributed by atoms with Crippen molar-refractivity contribution in [2.24, 2.45) is 0 Å². The van der Waals surface area contributed by atoms with E-state index in [-0.39, 0.29) is 23.1 Å². The minimum absolute atomic E-state index is 0.0550. The lowest BCUT2D eigenvalue weighted by molar-refractivity contribution is 0.100. The van der Waals surface area contributed by atoms with Gasteiger partial charge in [0.15, 0.2) is 23.1 Å². The molecule has 2 aromatic heterocycles. The first-order valence-corrected chi connectivity index (χ1v) is 18.1. The molecule has 0 fully saturated rings. The van der Waals surface area contributed by atoms with Crippen LogP contribution >= 0.6 is 0 Å². The zero-order chi connectivity index (χ0) is 39.1. The largest absolute Gasteiger partial charge is 0.295 e. The average molecular weight is 731 g/mol. The molecule has 6 aromatic carbocycles. The van der Waals surface area contributed by atoms with Crippen LogP contribution < -0.4 is 0 Å². The number of carbonyl (C=O) groups is 4. The van der Waals surface area contributed by atoms with Crippen molar-refractivity contribution in [2.75, 3.05) is 0 Å². The van der Waals surface area contributed by atoms with E-state index >= 15 is 0 Å². The molecule has 0 amide bonds. The predicted molar refractivity (Wildman–Crippen MR) is 220 cm³/mol. The van der Waals surface area contributed by atoms with Gasteiger partial charge < -0.3 is 0 Å². The van der Waals surface area contributed by atoms with E-state index in [0.29, 0.717) is 67.1 Å². The first-order chi connectivity index (χ1) is 27.0. The van der Waals surface area contributed by atoms with E-state index in [1.807, 2.05) is 109 Å². The number of nitrogens with zero attached hydrogens (tertiary/aromatic N) is 4. The SMILES string of the molecule is CC(=O)c1cccc(-c2nc3ccc(-c4ccc5nc(-c6cccc(C(C)=O)c6)c(-c6cccc(C(C)=O)c6)nc5c4)cc3nc2-c2cccc(C(C)=O)c2)c1. The second-order valence-corrected chi connectivity index (χ2v) is 13.8. The van der Waals surface area contributed by atoms with Gasteiger partial charge in [0.25, 0.3) is 0 Å². The molecule has 0 N–H and O–H groups in total. The summed E-state index contributed by atoms with van der Waals surface area (Å²) >= 11 is 0. The number of ketones is 4. The van der Waals surface area contributed by atoms with E-state index in [2.05, 4.69) is 0 Å². The van der Waals surface area contributed by atoms with Crippen molar-refractivity contribution in [1.82, 2.24) is 19.9 Å². The predicted octanol–water partition coefficient (Wildman–Crippen LogP) is 10.7. The summed E-state index contributed by atoms with van der Waals surface area (Å²) in [6.45, 7) is 6.12. The highest BCUT2D eigenvalue weighted by Gasteiger charge is 2.19. The summed E-state index contributed by atoms with van der Waals surface area (Å²) < 4.78 is 0. The number of rotatable bonds is 9. The molecule has 0 radical (unpaired) electrons. The van der Waals surface area contributed by atoms with Gasteiger partial charge in [-0.2, -0.15) is 0 Å². The summed E-state index contributed by atoms with van der Waals surface area (Å²) in [6.07, 6.45) is 0. The molecule has 0 bridgehead atoms. The van der Waals surface area contributed by atoms with E-state index in [4.69, 9.17) is 19.9 Å². The molecule has 0 atom stereocenters. The van der Waals surface area contributed by atoms with Crippen molar-refractivity contribution in [2.45, 2.75) is 27.7 Å². The lowest BCUT2D eigenvalue weighted by Gasteiger charge is -2.14. The fourth-order valence-electron chi connectivity index (χ4n) is 6.81. The van der Waals surface area contributed by atoms with Gasteiger partial charge in [0, 0.05) is 44.5 Å². The Morgan fingerprint density at radius 1 is 0.304 bits per heavy atom. The van der Waals surface area contributed by atoms with Crippen LogP contribution in [0.15, 0.2) is 133 Å². The summed E-state index contributed by atoms with van der Waals surface area (Å²) in [5.74, 6) is -0.233. The van der Waals surface area contributed by atoms with Gasteiger partial charge in [0.05, 0.1) is 44.8 Å². The van der Waals surface area contributed by atoms with E-state index in [1.54, 1.807) is 24.3 Å². The van der Waals surface area contributed by atoms with Crippen LogP contribution in [0.2, 0.25) is 0 Å². The Kier molecular flexibility index (Phi) is 9.24. The molecule has 270 valence electrons. The van der Waals surface area contributed by atoms with Gasteiger partial charge in [-0.25, -0.2) is 19.9 Å². The van der Waals surface area contributed by atoms with Crippen LogP contribution in [-0.2, 0) is 0 Å². The number of benzene rings is 6. The zero-order valence-corrected chi connectivity index (χ0v) is 31.1. The third-order valence-corrected chi connectivity index (χ3v) is 9.83. The Morgan fingerprint density at radius 2 is 0.571 bits per heavy atom. The van der Waals surface area contributed by atoms with Crippen LogP contribution in [0.4, 0.5) is 0 Å². The van der Waals surface area contributed by atoms with Crippen molar-refractivity contribution in [3.63, 3.8) is 0 Å². The third-order valence-electron chi connectivity index (χ3n) is 9.83. The molecule has 0 saturated heterocycles. The molecule has 0 aliphatic heterocycles. The molecular weight excluding hydrogens is 697 g/mol. The fourth-order valence-corrected chi connectivity index (χ4v) is 6.81. The number of carbonyl (C=O) groups excluding carboxylic acids is 4.